The van der Waals surface area contributed by atoms with Crippen molar-refractivity contribution >= 4 is 23.3 Å². The van der Waals surface area contributed by atoms with Crippen molar-refractivity contribution in [3.8, 4) is 11.3 Å². The topological polar surface area (TPSA) is 104 Å². The van der Waals surface area contributed by atoms with E-state index >= 15 is 0 Å². The van der Waals surface area contributed by atoms with E-state index in [0.29, 0.717) is 49.5 Å². The fourth-order valence-corrected chi connectivity index (χ4v) is 4.36. The van der Waals surface area contributed by atoms with Crippen molar-refractivity contribution in [2.45, 2.75) is 6.54 Å². The van der Waals surface area contributed by atoms with Crippen LogP contribution in [0.1, 0.15) is 26.4 Å². The molecule has 2 heterocycles. The third-order valence-electron chi connectivity index (χ3n) is 6.48. The number of aromatic nitrogens is 2. The Labute approximate surface area is 219 Å². The number of hydrogen-bond acceptors (Lipinski definition) is 6. The largest absolute Gasteiger partial charge is 0.382 e. The second-order valence-corrected chi connectivity index (χ2v) is 8.99. The first-order valence-corrected chi connectivity index (χ1v) is 12.3. The molecule has 1 aliphatic heterocycles. The number of piperazine rings is 1. The number of carbonyl (C=O) groups excluding carboxylic acids is 2. The van der Waals surface area contributed by atoms with Gasteiger partial charge in [0.2, 0.25) is 0 Å². The van der Waals surface area contributed by atoms with Crippen LogP contribution in [-0.2, 0) is 6.54 Å². The molecule has 192 valence electrons. The van der Waals surface area contributed by atoms with Gasteiger partial charge in [0.1, 0.15) is 5.82 Å². The smallest absolute Gasteiger partial charge is 0.276 e. The number of hydrogen-bond donors (Lipinski definition) is 2. The number of amides is 2. The molecule has 0 radical (unpaired) electrons. The van der Waals surface area contributed by atoms with Crippen LogP contribution in [0.2, 0.25) is 0 Å². The molecule has 0 bridgehead atoms. The summed E-state index contributed by atoms with van der Waals surface area (Å²) in [7, 11) is 0. The van der Waals surface area contributed by atoms with Gasteiger partial charge >= 0.3 is 0 Å². The Morgan fingerprint density at radius 1 is 0.921 bits per heavy atom. The summed E-state index contributed by atoms with van der Waals surface area (Å²) in [5.41, 5.74) is 9.62. The Kier molecular flexibility index (Phi) is 7.26. The summed E-state index contributed by atoms with van der Waals surface area (Å²) in [6.07, 6.45) is 1.50. The minimum absolute atomic E-state index is 0.0523. The van der Waals surface area contributed by atoms with Crippen LogP contribution in [0.3, 0.4) is 0 Å². The predicted octanol–water partition coefficient (Wildman–Crippen LogP) is 3.76. The summed E-state index contributed by atoms with van der Waals surface area (Å²) in [5.74, 6) is -0.742. The van der Waals surface area contributed by atoms with Crippen LogP contribution in [0, 0.1) is 5.82 Å². The zero-order valence-electron chi connectivity index (χ0n) is 20.7. The van der Waals surface area contributed by atoms with Crippen LogP contribution in [0.4, 0.5) is 15.9 Å². The number of anilines is 2. The van der Waals surface area contributed by atoms with E-state index < -0.39 is 0 Å². The normalized spacial score (nSPS) is 13.3. The van der Waals surface area contributed by atoms with Crippen molar-refractivity contribution in [2.75, 3.05) is 36.8 Å². The number of benzene rings is 3. The molecule has 8 nitrogen and oxygen atoms in total. The summed E-state index contributed by atoms with van der Waals surface area (Å²) in [6.45, 7) is 2.56. The third kappa shape index (κ3) is 5.62. The molecular formula is C29H27FN6O2. The van der Waals surface area contributed by atoms with Crippen LogP contribution < -0.4 is 16.0 Å². The first kappa shape index (κ1) is 24.9. The number of carbonyl (C=O) groups is 2. The van der Waals surface area contributed by atoms with Crippen LogP contribution in [0.5, 0.6) is 0 Å². The van der Waals surface area contributed by atoms with Gasteiger partial charge in [-0.3, -0.25) is 9.59 Å². The Morgan fingerprint density at radius 3 is 2.39 bits per heavy atom. The van der Waals surface area contributed by atoms with Crippen molar-refractivity contribution in [1.82, 2.24) is 20.2 Å². The first-order valence-electron chi connectivity index (χ1n) is 12.3. The number of halogens is 1. The van der Waals surface area contributed by atoms with Gasteiger partial charge in [0.05, 0.1) is 11.9 Å². The number of nitrogens with zero attached hydrogens (tertiary/aromatic N) is 4. The number of rotatable bonds is 6. The van der Waals surface area contributed by atoms with Crippen LogP contribution in [-0.4, -0.2) is 52.9 Å². The molecule has 4 aromatic rings. The van der Waals surface area contributed by atoms with E-state index in [1.807, 2.05) is 36.4 Å². The third-order valence-corrected chi connectivity index (χ3v) is 6.48. The SMILES string of the molecule is Nc1ncc(-c2cccc(C(=O)NCc3ccccc3)c2)nc1C(=O)N1CCN(c2ccc(F)cc2)CC1. The van der Waals surface area contributed by atoms with Crippen molar-refractivity contribution in [2.24, 2.45) is 0 Å². The molecule has 1 aliphatic rings. The molecule has 0 spiro atoms. The summed E-state index contributed by atoms with van der Waals surface area (Å²) < 4.78 is 13.2. The monoisotopic (exact) mass is 510 g/mol. The van der Waals surface area contributed by atoms with Gasteiger partial charge in [0.15, 0.2) is 11.5 Å². The average Bonchev–Trinajstić information content (AvgIpc) is 2.97. The van der Waals surface area contributed by atoms with Crippen molar-refractivity contribution in [3.05, 3.63) is 108 Å². The van der Waals surface area contributed by atoms with Gasteiger partial charge in [-0.1, -0.05) is 42.5 Å². The molecule has 0 atom stereocenters. The van der Waals surface area contributed by atoms with Gasteiger partial charge in [-0.25, -0.2) is 14.4 Å². The zero-order chi connectivity index (χ0) is 26.5. The van der Waals surface area contributed by atoms with Crippen LogP contribution in [0.15, 0.2) is 85.1 Å². The molecule has 1 fully saturated rings. The number of nitrogen functional groups attached to an aromatic ring is 1. The van der Waals surface area contributed by atoms with Gasteiger partial charge in [0.25, 0.3) is 11.8 Å². The lowest BCUT2D eigenvalue weighted by atomic mass is 10.1. The molecule has 0 saturated carbocycles. The lowest BCUT2D eigenvalue weighted by Gasteiger charge is -2.36. The Bertz CT molecular complexity index is 1440. The molecular weight excluding hydrogens is 483 g/mol. The van der Waals surface area contributed by atoms with Gasteiger partial charge < -0.3 is 20.9 Å². The lowest BCUT2D eigenvalue weighted by molar-refractivity contribution is 0.0741. The van der Waals surface area contributed by atoms with E-state index in [2.05, 4.69) is 20.2 Å². The van der Waals surface area contributed by atoms with Gasteiger partial charge in [-0.2, -0.15) is 0 Å². The second kappa shape index (κ2) is 11.1. The van der Waals surface area contributed by atoms with E-state index in [4.69, 9.17) is 5.73 Å². The van der Waals surface area contributed by atoms with Gasteiger partial charge in [-0.05, 0) is 42.0 Å². The maximum absolute atomic E-state index is 13.3. The fourth-order valence-electron chi connectivity index (χ4n) is 4.36. The molecule has 5 rings (SSSR count). The predicted molar refractivity (Wildman–Crippen MR) is 144 cm³/mol. The second-order valence-electron chi connectivity index (χ2n) is 8.99. The molecule has 38 heavy (non-hydrogen) atoms. The van der Waals surface area contributed by atoms with E-state index in [0.717, 1.165) is 11.3 Å². The molecule has 2 amide bonds. The number of nitrogens with two attached hydrogens (primary N) is 1. The average molecular weight is 511 g/mol. The minimum Gasteiger partial charge on any atom is -0.382 e. The quantitative estimate of drug-likeness (QED) is 0.409. The summed E-state index contributed by atoms with van der Waals surface area (Å²) in [4.78, 5) is 38.6. The van der Waals surface area contributed by atoms with E-state index in [-0.39, 0.29) is 29.1 Å². The van der Waals surface area contributed by atoms with Crippen molar-refractivity contribution < 1.29 is 14.0 Å². The van der Waals surface area contributed by atoms with E-state index in [1.54, 1.807) is 35.2 Å². The van der Waals surface area contributed by atoms with E-state index in [1.165, 1.54) is 18.3 Å². The molecule has 9 heteroatoms. The molecule has 0 unspecified atom stereocenters. The Balaban J connectivity index is 1.27. The number of nitrogens with one attached hydrogen (secondary N) is 1. The molecule has 3 N–H and O–H groups in total. The standard InChI is InChI=1S/C29H27FN6O2/c30-23-9-11-24(12-10-23)35-13-15-36(16-14-35)29(38)26-27(31)32-19-25(34-26)21-7-4-8-22(17-21)28(37)33-18-20-5-2-1-3-6-20/h1-12,17,19H,13-16,18H2,(H2,31,32)(H,33,37). The van der Waals surface area contributed by atoms with Gasteiger partial charge in [0, 0.05) is 49.5 Å². The first-order chi connectivity index (χ1) is 18.5. The molecule has 1 aromatic heterocycles. The van der Waals surface area contributed by atoms with Crippen LogP contribution in [0.25, 0.3) is 11.3 Å². The van der Waals surface area contributed by atoms with Crippen molar-refractivity contribution in [3.63, 3.8) is 0 Å². The highest BCUT2D eigenvalue weighted by molar-refractivity contribution is 5.97. The minimum atomic E-state index is -0.299. The summed E-state index contributed by atoms with van der Waals surface area (Å²) in [5, 5.41) is 2.92. The molecule has 0 aliphatic carbocycles. The van der Waals surface area contributed by atoms with Crippen LogP contribution >= 0.6 is 0 Å². The fraction of sp³-hybridized carbons (Fsp3) is 0.172. The maximum Gasteiger partial charge on any atom is 0.276 e. The maximum atomic E-state index is 13.3. The zero-order valence-corrected chi connectivity index (χ0v) is 20.7. The highest BCUT2D eigenvalue weighted by Crippen LogP contribution is 2.22. The van der Waals surface area contributed by atoms with E-state index in [9.17, 15) is 14.0 Å². The highest BCUT2D eigenvalue weighted by Gasteiger charge is 2.26. The van der Waals surface area contributed by atoms with Gasteiger partial charge in [-0.15, -0.1) is 0 Å². The molecule has 3 aromatic carbocycles. The highest BCUT2D eigenvalue weighted by atomic mass is 19.1. The lowest BCUT2D eigenvalue weighted by Crippen LogP contribution is -2.49. The molecule has 1 saturated heterocycles. The Morgan fingerprint density at radius 2 is 1.66 bits per heavy atom. The summed E-state index contributed by atoms with van der Waals surface area (Å²) >= 11 is 0. The Hall–Kier alpha value is -4.79. The van der Waals surface area contributed by atoms with Crippen molar-refractivity contribution in [1.29, 1.82) is 0 Å². The summed E-state index contributed by atoms with van der Waals surface area (Å²) in [6, 6.07) is 23.0.